The van der Waals surface area contributed by atoms with Gasteiger partial charge in [0, 0.05) is 28.5 Å². The predicted octanol–water partition coefficient (Wildman–Crippen LogP) is 3.47. The molecule has 0 bridgehead atoms. The van der Waals surface area contributed by atoms with Gasteiger partial charge in [0.25, 0.3) is 0 Å². The first-order valence-electron chi connectivity index (χ1n) is 3.85. The van der Waals surface area contributed by atoms with Crippen LogP contribution in [0.4, 0.5) is 4.39 Å². The third-order valence-corrected chi connectivity index (χ3v) is 2.17. The zero-order valence-corrected chi connectivity index (χ0v) is 7.48. The van der Waals surface area contributed by atoms with E-state index >= 15 is 0 Å². The van der Waals surface area contributed by atoms with Crippen molar-refractivity contribution in [2.24, 2.45) is 0 Å². The number of hydrogen-bond acceptors (Lipinski definition) is 0. The number of benzene rings is 1. The van der Waals surface area contributed by atoms with Crippen LogP contribution >= 0.6 is 11.6 Å². The van der Waals surface area contributed by atoms with Gasteiger partial charge in [0.2, 0.25) is 0 Å². The zero-order valence-electron chi connectivity index (χ0n) is 6.72. The maximum atomic E-state index is 12.9. The molecule has 1 heterocycles. The summed E-state index contributed by atoms with van der Waals surface area (Å²) in [6.45, 7) is 0. The quantitative estimate of drug-likeness (QED) is 0.717. The third-order valence-electron chi connectivity index (χ3n) is 1.84. The fourth-order valence-electron chi connectivity index (χ4n) is 1.21. The van der Waals surface area contributed by atoms with Crippen molar-refractivity contribution >= 4 is 11.6 Å². The highest BCUT2D eigenvalue weighted by Gasteiger charge is 2.04. The molecule has 0 saturated carbocycles. The summed E-state index contributed by atoms with van der Waals surface area (Å²) in [5.74, 6) is -0.277. The molecule has 1 N–H and O–H groups in total. The molecule has 1 aromatic carbocycles. The van der Waals surface area contributed by atoms with Crippen molar-refractivity contribution in [1.82, 2.24) is 4.98 Å². The molecule has 2 aromatic rings. The van der Waals surface area contributed by atoms with Crippen LogP contribution in [0.15, 0.2) is 36.7 Å². The molecule has 0 amide bonds. The van der Waals surface area contributed by atoms with E-state index in [1.54, 1.807) is 18.5 Å². The lowest BCUT2D eigenvalue weighted by atomic mass is 10.1. The van der Waals surface area contributed by atoms with Crippen molar-refractivity contribution in [1.29, 1.82) is 0 Å². The second-order valence-corrected chi connectivity index (χ2v) is 3.13. The lowest BCUT2D eigenvalue weighted by molar-refractivity contribution is 0.628. The monoisotopic (exact) mass is 195 g/mol. The van der Waals surface area contributed by atoms with E-state index in [0.29, 0.717) is 10.6 Å². The molecule has 0 spiro atoms. The van der Waals surface area contributed by atoms with E-state index in [-0.39, 0.29) is 5.82 Å². The third kappa shape index (κ3) is 1.58. The second-order valence-electron chi connectivity index (χ2n) is 2.72. The van der Waals surface area contributed by atoms with Crippen LogP contribution in [0.1, 0.15) is 0 Å². The summed E-state index contributed by atoms with van der Waals surface area (Å²) in [5.41, 5.74) is 1.60. The van der Waals surface area contributed by atoms with Gasteiger partial charge in [0.05, 0.1) is 0 Å². The van der Waals surface area contributed by atoms with E-state index in [1.165, 1.54) is 12.1 Å². The highest BCUT2D eigenvalue weighted by Crippen LogP contribution is 2.27. The molecule has 0 aliphatic carbocycles. The van der Waals surface area contributed by atoms with Crippen LogP contribution in [-0.4, -0.2) is 4.98 Å². The fraction of sp³-hybridized carbons (Fsp3) is 0. The Morgan fingerprint density at radius 3 is 2.77 bits per heavy atom. The lowest BCUT2D eigenvalue weighted by Gasteiger charge is -2.00. The van der Waals surface area contributed by atoms with Gasteiger partial charge in [-0.25, -0.2) is 4.39 Å². The van der Waals surface area contributed by atoms with E-state index in [0.717, 1.165) is 5.56 Å². The molecule has 1 nitrogen and oxygen atoms in total. The van der Waals surface area contributed by atoms with Gasteiger partial charge in [-0.05, 0) is 24.3 Å². The van der Waals surface area contributed by atoms with Gasteiger partial charge in [-0.15, -0.1) is 0 Å². The molecule has 13 heavy (non-hydrogen) atoms. The SMILES string of the molecule is Fc1ccc(Cl)c(-c2cc[nH]c2)c1. The minimum absolute atomic E-state index is 0.277. The minimum Gasteiger partial charge on any atom is -0.367 e. The Morgan fingerprint density at radius 2 is 2.08 bits per heavy atom. The van der Waals surface area contributed by atoms with Gasteiger partial charge < -0.3 is 4.98 Å². The summed E-state index contributed by atoms with van der Waals surface area (Å²) in [7, 11) is 0. The van der Waals surface area contributed by atoms with E-state index in [2.05, 4.69) is 4.98 Å². The molecule has 0 aliphatic rings. The lowest BCUT2D eigenvalue weighted by Crippen LogP contribution is -1.79. The molecule has 66 valence electrons. The minimum atomic E-state index is -0.277. The van der Waals surface area contributed by atoms with Crippen molar-refractivity contribution in [2.45, 2.75) is 0 Å². The Hall–Kier alpha value is -1.28. The van der Waals surface area contributed by atoms with Gasteiger partial charge in [0.15, 0.2) is 0 Å². The largest absolute Gasteiger partial charge is 0.367 e. The Bertz CT molecular complexity index is 409. The number of aromatic nitrogens is 1. The van der Waals surface area contributed by atoms with E-state index in [4.69, 9.17) is 11.6 Å². The highest BCUT2D eigenvalue weighted by molar-refractivity contribution is 6.33. The van der Waals surface area contributed by atoms with Crippen LogP contribution in [0.25, 0.3) is 11.1 Å². The second kappa shape index (κ2) is 3.23. The van der Waals surface area contributed by atoms with Crippen LogP contribution < -0.4 is 0 Å². The van der Waals surface area contributed by atoms with Crippen LogP contribution in [0.3, 0.4) is 0 Å². The average Bonchev–Trinajstić information content (AvgIpc) is 2.61. The Labute approximate surface area is 80.2 Å². The standard InChI is InChI=1S/C10H7ClFN/c11-10-2-1-8(12)5-9(10)7-3-4-13-6-7/h1-6,13H. The van der Waals surface area contributed by atoms with Crippen molar-refractivity contribution in [3.63, 3.8) is 0 Å². The fourth-order valence-corrected chi connectivity index (χ4v) is 1.44. The molecule has 0 atom stereocenters. The first-order valence-corrected chi connectivity index (χ1v) is 4.23. The number of nitrogens with one attached hydrogen (secondary N) is 1. The smallest absolute Gasteiger partial charge is 0.123 e. The maximum Gasteiger partial charge on any atom is 0.123 e. The molecule has 1 aromatic heterocycles. The van der Waals surface area contributed by atoms with Crippen LogP contribution in [0.2, 0.25) is 5.02 Å². The van der Waals surface area contributed by atoms with Crippen LogP contribution in [-0.2, 0) is 0 Å². The van der Waals surface area contributed by atoms with E-state index in [9.17, 15) is 4.39 Å². The maximum absolute atomic E-state index is 12.9. The Balaban J connectivity index is 2.57. The summed E-state index contributed by atoms with van der Waals surface area (Å²) < 4.78 is 12.9. The Kier molecular flexibility index (Phi) is 2.07. The molecular formula is C10H7ClFN. The van der Waals surface area contributed by atoms with Gasteiger partial charge >= 0.3 is 0 Å². The van der Waals surface area contributed by atoms with Crippen molar-refractivity contribution in [3.8, 4) is 11.1 Å². The summed E-state index contributed by atoms with van der Waals surface area (Å²) in [5, 5.41) is 0.556. The summed E-state index contributed by atoms with van der Waals surface area (Å²) in [6, 6.07) is 6.17. The molecule has 2 rings (SSSR count). The number of aromatic amines is 1. The van der Waals surface area contributed by atoms with Gasteiger partial charge in [-0.3, -0.25) is 0 Å². The van der Waals surface area contributed by atoms with Gasteiger partial charge in [-0.1, -0.05) is 11.6 Å². The molecular weight excluding hydrogens is 189 g/mol. The van der Waals surface area contributed by atoms with Crippen molar-refractivity contribution < 1.29 is 4.39 Å². The summed E-state index contributed by atoms with van der Waals surface area (Å²) in [4.78, 5) is 2.89. The predicted molar refractivity (Wildman–Crippen MR) is 51.2 cm³/mol. The van der Waals surface area contributed by atoms with E-state index in [1.807, 2.05) is 6.07 Å². The first kappa shape index (κ1) is 8.32. The summed E-state index contributed by atoms with van der Waals surface area (Å²) in [6.07, 6.45) is 3.55. The van der Waals surface area contributed by atoms with E-state index < -0.39 is 0 Å². The molecule has 0 aliphatic heterocycles. The molecule has 3 heteroatoms. The summed E-state index contributed by atoms with van der Waals surface area (Å²) >= 11 is 5.91. The molecule has 0 saturated heterocycles. The average molecular weight is 196 g/mol. The zero-order chi connectivity index (χ0) is 9.26. The number of halogens is 2. The topological polar surface area (TPSA) is 15.8 Å². The van der Waals surface area contributed by atoms with Crippen LogP contribution in [0.5, 0.6) is 0 Å². The van der Waals surface area contributed by atoms with Crippen LogP contribution in [0, 0.1) is 5.82 Å². The van der Waals surface area contributed by atoms with Crippen molar-refractivity contribution in [2.75, 3.05) is 0 Å². The van der Waals surface area contributed by atoms with Crippen molar-refractivity contribution in [3.05, 3.63) is 47.5 Å². The molecule has 0 unspecified atom stereocenters. The number of hydrogen-bond donors (Lipinski definition) is 1. The van der Waals surface area contributed by atoms with Gasteiger partial charge in [0.1, 0.15) is 5.82 Å². The molecule has 0 fully saturated rings. The Morgan fingerprint density at radius 1 is 1.23 bits per heavy atom. The first-order chi connectivity index (χ1) is 6.27. The highest BCUT2D eigenvalue weighted by atomic mass is 35.5. The number of rotatable bonds is 1. The number of H-pyrrole nitrogens is 1. The van der Waals surface area contributed by atoms with Gasteiger partial charge in [-0.2, -0.15) is 0 Å². The molecule has 0 radical (unpaired) electrons. The normalized spacial score (nSPS) is 10.3.